The van der Waals surface area contributed by atoms with Crippen LogP contribution >= 0.6 is 11.3 Å². The van der Waals surface area contributed by atoms with Crippen molar-refractivity contribution in [2.24, 2.45) is 0 Å². The number of rotatable bonds is 7. The van der Waals surface area contributed by atoms with Crippen LogP contribution in [0.4, 0.5) is 15.2 Å². The molecule has 6 nitrogen and oxygen atoms in total. The third-order valence-electron chi connectivity index (χ3n) is 3.32. The van der Waals surface area contributed by atoms with Crippen LogP contribution in [0.25, 0.3) is 6.08 Å². The number of methoxy groups -OCH3 is 1. The van der Waals surface area contributed by atoms with E-state index in [0.29, 0.717) is 17.4 Å². The molecular formula is C18H20FN3O3S. The molecule has 1 atom stereocenters. The van der Waals surface area contributed by atoms with Crippen LogP contribution in [0.15, 0.2) is 35.7 Å². The Morgan fingerprint density at radius 3 is 2.81 bits per heavy atom. The molecule has 1 aromatic heterocycles. The number of hydrogen-bond acceptors (Lipinski definition) is 5. The van der Waals surface area contributed by atoms with Crippen molar-refractivity contribution in [3.63, 3.8) is 0 Å². The Morgan fingerprint density at radius 2 is 2.15 bits per heavy atom. The molecule has 0 saturated carbocycles. The van der Waals surface area contributed by atoms with Gasteiger partial charge in [0.05, 0.1) is 18.0 Å². The van der Waals surface area contributed by atoms with Crippen LogP contribution in [0, 0.1) is 5.82 Å². The van der Waals surface area contributed by atoms with E-state index in [2.05, 4.69) is 10.3 Å². The highest BCUT2D eigenvalue weighted by Gasteiger charge is 2.20. The predicted molar refractivity (Wildman–Crippen MR) is 99.8 cm³/mol. The molecule has 138 valence electrons. The SMILES string of the molecule is COCC(C)NC(=O)/C=C/c1csc(N(C(C)=O)c2ccccc2F)n1. The minimum Gasteiger partial charge on any atom is -0.383 e. The standard InChI is InChI=1S/C18H20FN3O3S/c1-12(10-25-3)20-17(24)9-8-14-11-26-18(21-14)22(13(2)23)16-7-5-4-6-15(16)19/h4-9,11-12H,10H2,1-3H3,(H,20,24)/b9-8+. The van der Waals surface area contributed by atoms with Crippen molar-refractivity contribution in [1.29, 1.82) is 0 Å². The molecular weight excluding hydrogens is 357 g/mol. The number of anilines is 2. The molecule has 0 radical (unpaired) electrons. The van der Waals surface area contributed by atoms with Crippen molar-refractivity contribution in [3.05, 3.63) is 47.2 Å². The van der Waals surface area contributed by atoms with Crippen molar-refractivity contribution in [3.8, 4) is 0 Å². The highest BCUT2D eigenvalue weighted by Crippen LogP contribution is 2.30. The number of aromatic nitrogens is 1. The summed E-state index contributed by atoms with van der Waals surface area (Å²) in [6.07, 6.45) is 2.89. The Balaban J connectivity index is 2.15. The van der Waals surface area contributed by atoms with Gasteiger partial charge >= 0.3 is 0 Å². The van der Waals surface area contributed by atoms with Gasteiger partial charge in [0.2, 0.25) is 11.8 Å². The molecule has 1 heterocycles. The number of para-hydroxylation sites is 1. The van der Waals surface area contributed by atoms with Gasteiger partial charge in [-0.15, -0.1) is 11.3 Å². The lowest BCUT2D eigenvalue weighted by atomic mass is 10.3. The van der Waals surface area contributed by atoms with E-state index in [1.807, 2.05) is 6.92 Å². The van der Waals surface area contributed by atoms with Gasteiger partial charge in [-0.3, -0.25) is 14.5 Å². The fourth-order valence-electron chi connectivity index (χ4n) is 2.24. The van der Waals surface area contributed by atoms with Gasteiger partial charge in [-0.25, -0.2) is 9.37 Å². The first kappa shape index (κ1) is 19.7. The number of ether oxygens (including phenoxy) is 1. The second-order valence-electron chi connectivity index (χ2n) is 5.56. The largest absolute Gasteiger partial charge is 0.383 e. The van der Waals surface area contributed by atoms with Gasteiger partial charge in [-0.1, -0.05) is 12.1 Å². The molecule has 8 heteroatoms. The third kappa shape index (κ3) is 5.21. The number of halogens is 1. The van der Waals surface area contributed by atoms with E-state index in [9.17, 15) is 14.0 Å². The number of carbonyl (C=O) groups excluding carboxylic acids is 2. The van der Waals surface area contributed by atoms with Gasteiger partial charge in [-0.2, -0.15) is 0 Å². The number of thiazole rings is 1. The van der Waals surface area contributed by atoms with E-state index < -0.39 is 5.82 Å². The fourth-order valence-corrected chi connectivity index (χ4v) is 3.09. The average molecular weight is 377 g/mol. The summed E-state index contributed by atoms with van der Waals surface area (Å²) in [7, 11) is 1.56. The van der Waals surface area contributed by atoms with E-state index in [4.69, 9.17) is 4.74 Å². The van der Waals surface area contributed by atoms with Crippen LogP contribution in [0.5, 0.6) is 0 Å². The van der Waals surface area contributed by atoms with E-state index in [0.717, 1.165) is 0 Å². The molecule has 0 saturated heterocycles. The molecule has 0 aliphatic heterocycles. The first-order valence-corrected chi connectivity index (χ1v) is 8.78. The first-order valence-electron chi connectivity index (χ1n) is 7.90. The Labute approximate surface area is 155 Å². The molecule has 2 rings (SSSR count). The monoisotopic (exact) mass is 377 g/mol. The van der Waals surface area contributed by atoms with Crippen LogP contribution in [0.3, 0.4) is 0 Å². The molecule has 0 aliphatic carbocycles. The molecule has 0 aliphatic rings. The van der Waals surface area contributed by atoms with Crippen LogP contribution in [0.2, 0.25) is 0 Å². The Bertz CT molecular complexity index is 806. The number of hydrogen-bond donors (Lipinski definition) is 1. The van der Waals surface area contributed by atoms with Crippen LogP contribution < -0.4 is 10.2 Å². The lowest BCUT2D eigenvalue weighted by molar-refractivity contribution is -0.117. The van der Waals surface area contributed by atoms with Gasteiger partial charge in [0.25, 0.3) is 0 Å². The maximum atomic E-state index is 14.0. The third-order valence-corrected chi connectivity index (χ3v) is 4.16. The topological polar surface area (TPSA) is 71.5 Å². The summed E-state index contributed by atoms with van der Waals surface area (Å²) in [5, 5.41) is 4.76. The highest BCUT2D eigenvalue weighted by molar-refractivity contribution is 7.14. The zero-order valence-corrected chi connectivity index (χ0v) is 15.5. The van der Waals surface area contributed by atoms with E-state index in [1.165, 1.54) is 47.4 Å². The summed E-state index contributed by atoms with van der Waals surface area (Å²) in [5.41, 5.74) is 0.637. The number of nitrogens with one attached hydrogen (secondary N) is 1. The summed E-state index contributed by atoms with van der Waals surface area (Å²) < 4.78 is 19.0. The molecule has 0 fully saturated rings. The normalized spacial score (nSPS) is 12.2. The van der Waals surface area contributed by atoms with Crippen LogP contribution in [-0.4, -0.2) is 36.6 Å². The predicted octanol–water partition coefficient (Wildman–Crippen LogP) is 3.13. The zero-order chi connectivity index (χ0) is 19.1. The number of amides is 2. The maximum absolute atomic E-state index is 14.0. The molecule has 2 amide bonds. The number of nitrogens with zero attached hydrogens (tertiary/aromatic N) is 2. The average Bonchev–Trinajstić information content (AvgIpc) is 3.03. The van der Waals surface area contributed by atoms with Gasteiger partial charge in [0, 0.05) is 31.5 Å². The summed E-state index contributed by atoms with van der Waals surface area (Å²) in [4.78, 5) is 29.3. The minimum atomic E-state index is -0.512. The van der Waals surface area contributed by atoms with Gasteiger partial charge in [-0.05, 0) is 25.1 Å². The van der Waals surface area contributed by atoms with Crippen molar-refractivity contribution >= 4 is 40.0 Å². The van der Waals surface area contributed by atoms with Gasteiger partial charge in [0.15, 0.2) is 5.13 Å². The summed E-state index contributed by atoms with van der Waals surface area (Å²) in [6.45, 7) is 3.58. The van der Waals surface area contributed by atoms with Crippen molar-refractivity contribution in [2.75, 3.05) is 18.6 Å². The molecule has 1 unspecified atom stereocenters. The molecule has 1 N–H and O–H groups in total. The summed E-state index contributed by atoms with van der Waals surface area (Å²) in [5.74, 6) is -1.14. The van der Waals surface area contributed by atoms with Gasteiger partial charge < -0.3 is 10.1 Å². The number of carbonyl (C=O) groups is 2. The molecule has 26 heavy (non-hydrogen) atoms. The smallest absolute Gasteiger partial charge is 0.244 e. The molecule has 0 spiro atoms. The lowest BCUT2D eigenvalue weighted by Gasteiger charge is -2.18. The Hall–Kier alpha value is -2.58. The molecule has 1 aromatic carbocycles. The lowest BCUT2D eigenvalue weighted by Crippen LogP contribution is -2.34. The van der Waals surface area contributed by atoms with Crippen LogP contribution in [-0.2, 0) is 14.3 Å². The van der Waals surface area contributed by atoms with Gasteiger partial charge in [0.1, 0.15) is 5.82 Å². The second kappa shape index (κ2) is 9.21. The first-order chi connectivity index (χ1) is 12.4. The zero-order valence-electron chi connectivity index (χ0n) is 14.7. The van der Waals surface area contributed by atoms with Crippen LogP contribution in [0.1, 0.15) is 19.5 Å². The Morgan fingerprint density at radius 1 is 1.42 bits per heavy atom. The van der Waals surface area contributed by atoms with E-state index >= 15 is 0 Å². The summed E-state index contributed by atoms with van der Waals surface area (Å²) >= 11 is 1.19. The molecule has 2 aromatic rings. The van der Waals surface area contributed by atoms with E-state index in [1.54, 1.807) is 24.6 Å². The minimum absolute atomic E-state index is 0.114. The Kier molecular flexibility index (Phi) is 6.99. The van der Waals surface area contributed by atoms with Crippen molar-refractivity contribution in [2.45, 2.75) is 19.9 Å². The van der Waals surface area contributed by atoms with Crippen molar-refractivity contribution < 1.29 is 18.7 Å². The number of benzene rings is 1. The van der Waals surface area contributed by atoms with Crippen molar-refractivity contribution in [1.82, 2.24) is 10.3 Å². The van der Waals surface area contributed by atoms with E-state index in [-0.39, 0.29) is 23.5 Å². The quantitative estimate of drug-likeness (QED) is 0.753. The maximum Gasteiger partial charge on any atom is 0.244 e. The summed E-state index contributed by atoms with van der Waals surface area (Å²) in [6, 6.07) is 5.88. The molecule has 0 bridgehead atoms. The highest BCUT2D eigenvalue weighted by atomic mass is 32.1. The fraction of sp³-hybridized carbons (Fsp3) is 0.278. The second-order valence-corrected chi connectivity index (χ2v) is 6.40.